The van der Waals surface area contributed by atoms with E-state index in [-0.39, 0.29) is 12.1 Å². The van der Waals surface area contributed by atoms with E-state index in [1.165, 1.54) is 5.56 Å². The summed E-state index contributed by atoms with van der Waals surface area (Å²) in [6, 6.07) is 8.82. The summed E-state index contributed by atoms with van der Waals surface area (Å²) in [4.78, 5) is 4.61. The van der Waals surface area contributed by atoms with Crippen LogP contribution in [0.5, 0.6) is 0 Å². The van der Waals surface area contributed by atoms with Crippen molar-refractivity contribution in [2.75, 3.05) is 34.2 Å². The smallest absolute Gasteiger partial charge is 0.0507 e. The van der Waals surface area contributed by atoms with Crippen molar-refractivity contribution in [2.45, 2.75) is 31.8 Å². The van der Waals surface area contributed by atoms with E-state index in [2.05, 4.69) is 72.0 Å². The number of halogens is 1. The molecule has 0 heterocycles. The van der Waals surface area contributed by atoms with Gasteiger partial charge in [-0.3, -0.25) is 4.90 Å². The number of benzene rings is 1. The van der Waals surface area contributed by atoms with Crippen LogP contribution in [0.25, 0.3) is 0 Å². The van der Waals surface area contributed by atoms with Crippen LogP contribution in [0.4, 0.5) is 0 Å². The van der Waals surface area contributed by atoms with Gasteiger partial charge in [0.25, 0.3) is 0 Å². The quantitative estimate of drug-likeness (QED) is 0.788. The largest absolute Gasteiger partial charge is 0.326 e. The lowest BCUT2D eigenvalue weighted by Crippen LogP contribution is -2.40. The fraction of sp³-hybridized carbons (Fsp3) is 0.625. The number of nitrogens with zero attached hydrogens (tertiary/aromatic N) is 2. The molecule has 3 nitrogen and oxygen atoms in total. The lowest BCUT2D eigenvalue weighted by Gasteiger charge is -2.33. The van der Waals surface area contributed by atoms with Crippen LogP contribution in [0.2, 0.25) is 0 Å². The van der Waals surface area contributed by atoms with E-state index in [4.69, 9.17) is 5.73 Å². The normalized spacial score (nSPS) is 14.8. The second-order valence-electron chi connectivity index (χ2n) is 5.68. The van der Waals surface area contributed by atoms with Gasteiger partial charge < -0.3 is 10.6 Å². The van der Waals surface area contributed by atoms with E-state index in [9.17, 15) is 0 Å². The first-order valence-electron chi connectivity index (χ1n) is 7.32. The zero-order valence-electron chi connectivity index (χ0n) is 13.1. The van der Waals surface area contributed by atoms with Gasteiger partial charge in [0.2, 0.25) is 0 Å². The van der Waals surface area contributed by atoms with E-state index < -0.39 is 0 Å². The molecule has 0 spiro atoms. The molecular weight excluding hydrogens is 314 g/mol. The lowest BCUT2D eigenvalue weighted by molar-refractivity contribution is 0.199. The molecule has 2 atom stereocenters. The highest BCUT2D eigenvalue weighted by Crippen LogP contribution is 2.30. The minimum Gasteiger partial charge on any atom is -0.326 e. The summed E-state index contributed by atoms with van der Waals surface area (Å²) >= 11 is 3.66. The van der Waals surface area contributed by atoms with Crippen LogP contribution in [-0.4, -0.2) is 50.1 Å². The van der Waals surface area contributed by atoms with Gasteiger partial charge in [-0.05, 0) is 58.7 Å². The van der Waals surface area contributed by atoms with Crippen LogP contribution < -0.4 is 5.73 Å². The van der Waals surface area contributed by atoms with Gasteiger partial charge in [-0.15, -0.1) is 0 Å². The zero-order chi connectivity index (χ0) is 15.1. The molecule has 0 aromatic heterocycles. The molecule has 0 aliphatic heterocycles. The predicted octanol–water partition coefficient (Wildman–Crippen LogP) is 3.11. The number of hydrogen-bond donors (Lipinski definition) is 1. The Morgan fingerprint density at radius 3 is 2.35 bits per heavy atom. The summed E-state index contributed by atoms with van der Waals surface area (Å²) in [6.45, 7) is 4.31. The molecule has 1 rings (SSSR count). The summed E-state index contributed by atoms with van der Waals surface area (Å²) in [6.07, 6.45) is 2.13. The van der Waals surface area contributed by atoms with Gasteiger partial charge in [0.15, 0.2) is 0 Å². The molecule has 0 fully saturated rings. The first kappa shape index (κ1) is 17.6. The fourth-order valence-corrected chi connectivity index (χ4v) is 3.03. The Kier molecular flexibility index (Phi) is 7.74. The van der Waals surface area contributed by atoms with Gasteiger partial charge in [0.1, 0.15) is 0 Å². The van der Waals surface area contributed by atoms with Crippen molar-refractivity contribution in [2.24, 2.45) is 5.73 Å². The summed E-state index contributed by atoms with van der Waals surface area (Å²) in [5.74, 6) is 0. The molecule has 0 saturated heterocycles. The van der Waals surface area contributed by atoms with Gasteiger partial charge >= 0.3 is 0 Å². The Balaban J connectivity index is 2.82. The van der Waals surface area contributed by atoms with Crippen molar-refractivity contribution < 1.29 is 0 Å². The number of likely N-dealkylation sites (N-methyl/N-ethyl adjacent to an activating group) is 1. The number of rotatable bonds is 8. The van der Waals surface area contributed by atoms with Crippen molar-refractivity contribution in [1.29, 1.82) is 0 Å². The minimum absolute atomic E-state index is 0.151. The maximum atomic E-state index is 6.38. The van der Waals surface area contributed by atoms with Crippen LogP contribution in [0, 0.1) is 0 Å². The van der Waals surface area contributed by atoms with Crippen molar-refractivity contribution in [3.8, 4) is 0 Å². The number of hydrogen-bond acceptors (Lipinski definition) is 3. The number of nitrogens with two attached hydrogens (primary N) is 1. The summed E-state index contributed by atoms with van der Waals surface area (Å²) in [7, 11) is 6.40. The second-order valence-corrected chi connectivity index (χ2v) is 6.53. The molecule has 0 amide bonds. The van der Waals surface area contributed by atoms with Crippen molar-refractivity contribution in [3.63, 3.8) is 0 Å². The SMILES string of the molecule is CCC(N)C(c1ccccc1Br)N(C)CCCN(C)C. The third-order valence-electron chi connectivity index (χ3n) is 3.69. The van der Waals surface area contributed by atoms with Gasteiger partial charge in [-0.2, -0.15) is 0 Å². The van der Waals surface area contributed by atoms with Crippen LogP contribution in [0.15, 0.2) is 28.7 Å². The Hall–Kier alpha value is -0.420. The maximum Gasteiger partial charge on any atom is 0.0507 e. The Bertz CT molecular complexity index is 395. The molecule has 4 heteroatoms. The highest BCUT2D eigenvalue weighted by molar-refractivity contribution is 9.10. The molecule has 1 aromatic rings. The average molecular weight is 342 g/mol. The summed E-state index contributed by atoms with van der Waals surface area (Å²) < 4.78 is 1.15. The van der Waals surface area contributed by atoms with E-state index in [0.717, 1.165) is 30.4 Å². The molecule has 20 heavy (non-hydrogen) atoms. The third kappa shape index (κ3) is 5.17. The topological polar surface area (TPSA) is 32.5 Å². The molecule has 114 valence electrons. The standard InChI is InChI=1S/C16H28BrN3/c1-5-15(18)16(13-9-6-7-10-14(13)17)20(4)12-8-11-19(2)3/h6-7,9-10,15-16H,5,8,11-12,18H2,1-4H3. The molecule has 0 radical (unpaired) electrons. The van der Waals surface area contributed by atoms with E-state index in [0.29, 0.717) is 0 Å². The highest BCUT2D eigenvalue weighted by Gasteiger charge is 2.24. The van der Waals surface area contributed by atoms with Crippen molar-refractivity contribution in [3.05, 3.63) is 34.3 Å². The summed E-state index contributed by atoms with van der Waals surface area (Å²) in [5.41, 5.74) is 7.66. The molecule has 0 bridgehead atoms. The molecular formula is C16H28BrN3. The molecule has 0 aliphatic carbocycles. The molecule has 2 N–H and O–H groups in total. The predicted molar refractivity (Wildman–Crippen MR) is 91.0 cm³/mol. The van der Waals surface area contributed by atoms with Crippen molar-refractivity contribution >= 4 is 15.9 Å². The maximum absolute atomic E-state index is 6.38. The van der Waals surface area contributed by atoms with Crippen LogP contribution in [0.3, 0.4) is 0 Å². The fourth-order valence-electron chi connectivity index (χ4n) is 2.51. The van der Waals surface area contributed by atoms with Gasteiger partial charge in [-0.1, -0.05) is 41.1 Å². The highest BCUT2D eigenvalue weighted by atomic mass is 79.9. The van der Waals surface area contributed by atoms with Crippen molar-refractivity contribution in [1.82, 2.24) is 9.80 Å². The molecule has 0 aliphatic rings. The first-order valence-corrected chi connectivity index (χ1v) is 8.11. The van der Waals surface area contributed by atoms with E-state index in [1.54, 1.807) is 0 Å². The second kappa shape index (κ2) is 8.78. The Morgan fingerprint density at radius 2 is 1.80 bits per heavy atom. The molecule has 1 aromatic carbocycles. The first-order chi connectivity index (χ1) is 9.47. The lowest BCUT2D eigenvalue weighted by atomic mass is 9.96. The Morgan fingerprint density at radius 1 is 1.15 bits per heavy atom. The molecule has 2 unspecified atom stereocenters. The van der Waals surface area contributed by atoms with Crippen LogP contribution >= 0.6 is 15.9 Å². The van der Waals surface area contributed by atoms with E-state index in [1.807, 2.05) is 6.07 Å². The minimum atomic E-state index is 0.151. The van der Waals surface area contributed by atoms with Crippen LogP contribution in [0.1, 0.15) is 31.4 Å². The van der Waals surface area contributed by atoms with Crippen LogP contribution in [-0.2, 0) is 0 Å². The van der Waals surface area contributed by atoms with Gasteiger partial charge in [0, 0.05) is 10.5 Å². The average Bonchev–Trinajstić information content (AvgIpc) is 2.40. The van der Waals surface area contributed by atoms with E-state index >= 15 is 0 Å². The monoisotopic (exact) mass is 341 g/mol. The third-order valence-corrected chi connectivity index (χ3v) is 4.41. The Labute approximate surface area is 132 Å². The zero-order valence-corrected chi connectivity index (χ0v) is 14.7. The molecule has 0 saturated carbocycles. The van der Waals surface area contributed by atoms with Gasteiger partial charge in [0.05, 0.1) is 6.04 Å². The van der Waals surface area contributed by atoms with Gasteiger partial charge in [-0.25, -0.2) is 0 Å². The summed E-state index contributed by atoms with van der Waals surface area (Å²) in [5, 5.41) is 0.